The SMILES string of the molecule is Cc1ccc(C(C)C)c(OCCn2c(CCNC(=O)C(C)C)nc3ccccc32)c1. The number of aromatic nitrogens is 2. The molecule has 0 fully saturated rings. The Bertz CT molecular complexity index is 1000. The zero-order valence-corrected chi connectivity index (χ0v) is 18.7. The van der Waals surface area contributed by atoms with E-state index < -0.39 is 0 Å². The summed E-state index contributed by atoms with van der Waals surface area (Å²) in [6.45, 7) is 12.1. The number of hydrogen-bond donors (Lipinski definition) is 1. The highest BCUT2D eigenvalue weighted by Gasteiger charge is 2.13. The number of benzene rings is 2. The number of ether oxygens (including phenoxy) is 1. The number of nitrogens with one attached hydrogen (secondary N) is 1. The molecule has 1 heterocycles. The lowest BCUT2D eigenvalue weighted by molar-refractivity contribution is -0.123. The summed E-state index contributed by atoms with van der Waals surface area (Å²) in [5, 5.41) is 2.99. The molecule has 3 aromatic rings. The molecule has 5 nitrogen and oxygen atoms in total. The Labute approximate surface area is 179 Å². The van der Waals surface area contributed by atoms with E-state index in [0.717, 1.165) is 22.6 Å². The van der Waals surface area contributed by atoms with Gasteiger partial charge in [0.15, 0.2) is 0 Å². The zero-order chi connectivity index (χ0) is 21.7. The molecule has 0 saturated carbocycles. The first-order chi connectivity index (χ1) is 14.4. The summed E-state index contributed by atoms with van der Waals surface area (Å²) in [6.07, 6.45) is 0.689. The Kier molecular flexibility index (Phi) is 7.14. The fourth-order valence-electron chi connectivity index (χ4n) is 3.56. The summed E-state index contributed by atoms with van der Waals surface area (Å²) in [7, 11) is 0. The minimum atomic E-state index is -0.0123. The van der Waals surface area contributed by atoms with Gasteiger partial charge >= 0.3 is 0 Å². The van der Waals surface area contributed by atoms with Gasteiger partial charge in [0.25, 0.3) is 0 Å². The van der Waals surface area contributed by atoms with Crippen LogP contribution in [0, 0.1) is 12.8 Å². The average molecular weight is 408 g/mol. The molecule has 1 aromatic heterocycles. The summed E-state index contributed by atoms with van der Waals surface area (Å²) in [5.74, 6) is 2.40. The van der Waals surface area contributed by atoms with Gasteiger partial charge in [-0.05, 0) is 42.2 Å². The molecule has 0 atom stereocenters. The third-order valence-corrected chi connectivity index (χ3v) is 5.27. The predicted octanol–water partition coefficient (Wildman–Crippen LogP) is 4.86. The molecule has 160 valence electrons. The van der Waals surface area contributed by atoms with Crippen molar-refractivity contribution in [2.75, 3.05) is 13.2 Å². The summed E-state index contributed by atoms with van der Waals surface area (Å²) in [4.78, 5) is 16.7. The first-order valence-electron chi connectivity index (χ1n) is 10.8. The maximum absolute atomic E-state index is 11.9. The minimum Gasteiger partial charge on any atom is -0.491 e. The van der Waals surface area contributed by atoms with E-state index in [1.165, 1.54) is 11.1 Å². The van der Waals surface area contributed by atoms with Crippen LogP contribution in [0.2, 0.25) is 0 Å². The summed E-state index contributed by atoms with van der Waals surface area (Å²) in [5.41, 5.74) is 4.50. The van der Waals surface area contributed by atoms with Gasteiger partial charge in [-0.3, -0.25) is 4.79 Å². The summed E-state index contributed by atoms with van der Waals surface area (Å²) < 4.78 is 8.42. The van der Waals surface area contributed by atoms with E-state index in [1.807, 2.05) is 32.0 Å². The van der Waals surface area contributed by atoms with Gasteiger partial charge in [0, 0.05) is 18.9 Å². The molecule has 0 spiro atoms. The molecule has 0 radical (unpaired) electrons. The van der Waals surface area contributed by atoms with Crippen molar-refractivity contribution in [3.05, 3.63) is 59.4 Å². The Balaban J connectivity index is 1.74. The Morgan fingerprint density at radius 2 is 1.90 bits per heavy atom. The van der Waals surface area contributed by atoms with Crippen LogP contribution < -0.4 is 10.1 Å². The number of para-hydroxylation sites is 2. The number of imidazole rings is 1. The topological polar surface area (TPSA) is 56.1 Å². The van der Waals surface area contributed by atoms with Crippen molar-refractivity contribution in [1.29, 1.82) is 0 Å². The standard InChI is InChI=1S/C25H33N3O2/c1-17(2)20-11-10-19(5)16-23(20)30-15-14-28-22-9-7-6-8-21(22)27-24(28)12-13-26-25(29)18(3)4/h6-11,16-18H,12-15H2,1-5H3,(H,26,29). The normalized spacial score (nSPS) is 11.4. The Morgan fingerprint density at radius 1 is 1.13 bits per heavy atom. The summed E-state index contributed by atoms with van der Waals surface area (Å²) >= 11 is 0. The van der Waals surface area contributed by atoms with Crippen molar-refractivity contribution >= 4 is 16.9 Å². The van der Waals surface area contributed by atoms with Crippen LogP contribution in [-0.2, 0) is 17.8 Å². The first-order valence-corrected chi connectivity index (χ1v) is 10.8. The average Bonchev–Trinajstić information content (AvgIpc) is 3.05. The third kappa shape index (κ3) is 5.21. The van der Waals surface area contributed by atoms with Crippen molar-refractivity contribution in [2.24, 2.45) is 5.92 Å². The second-order valence-electron chi connectivity index (χ2n) is 8.41. The molecule has 3 rings (SSSR count). The van der Waals surface area contributed by atoms with Crippen LogP contribution >= 0.6 is 0 Å². The summed E-state index contributed by atoms with van der Waals surface area (Å²) in [6, 6.07) is 14.6. The highest BCUT2D eigenvalue weighted by molar-refractivity contribution is 5.78. The van der Waals surface area contributed by atoms with Crippen molar-refractivity contribution in [3.63, 3.8) is 0 Å². The third-order valence-electron chi connectivity index (χ3n) is 5.27. The molecular formula is C25H33N3O2. The van der Waals surface area contributed by atoms with Crippen molar-refractivity contribution in [1.82, 2.24) is 14.9 Å². The van der Waals surface area contributed by atoms with E-state index in [2.05, 4.69) is 54.9 Å². The predicted molar refractivity (Wildman–Crippen MR) is 122 cm³/mol. The molecule has 0 aliphatic carbocycles. The van der Waals surface area contributed by atoms with Crippen LogP contribution in [0.1, 0.15) is 50.6 Å². The molecule has 0 aliphatic rings. The van der Waals surface area contributed by atoms with Gasteiger partial charge in [-0.2, -0.15) is 0 Å². The van der Waals surface area contributed by atoms with Gasteiger partial charge in [0.05, 0.1) is 17.6 Å². The second kappa shape index (κ2) is 9.79. The number of hydrogen-bond acceptors (Lipinski definition) is 3. The highest BCUT2D eigenvalue weighted by atomic mass is 16.5. The highest BCUT2D eigenvalue weighted by Crippen LogP contribution is 2.27. The van der Waals surface area contributed by atoms with Gasteiger partial charge in [-0.1, -0.05) is 52.0 Å². The van der Waals surface area contributed by atoms with Crippen molar-refractivity contribution < 1.29 is 9.53 Å². The van der Waals surface area contributed by atoms with Crippen LogP contribution in [0.4, 0.5) is 0 Å². The largest absolute Gasteiger partial charge is 0.491 e. The minimum absolute atomic E-state index is 0.0123. The molecule has 2 aromatic carbocycles. The molecule has 0 bridgehead atoms. The lowest BCUT2D eigenvalue weighted by Crippen LogP contribution is -2.30. The molecular weight excluding hydrogens is 374 g/mol. The number of fused-ring (bicyclic) bond motifs is 1. The lowest BCUT2D eigenvalue weighted by Gasteiger charge is -2.16. The Hall–Kier alpha value is -2.82. The van der Waals surface area contributed by atoms with Crippen LogP contribution in [0.5, 0.6) is 5.75 Å². The van der Waals surface area contributed by atoms with E-state index >= 15 is 0 Å². The first kappa shape index (κ1) is 21.9. The molecule has 0 unspecified atom stereocenters. The molecule has 30 heavy (non-hydrogen) atoms. The fraction of sp³-hybridized carbons (Fsp3) is 0.440. The number of amides is 1. The van der Waals surface area contributed by atoms with Crippen LogP contribution in [0.15, 0.2) is 42.5 Å². The number of aryl methyl sites for hydroxylation is 1. The number of rotatable bonds is 9. The zero-order valence-electron chi connectivity index (χ0n) is 18.7. The van der Waals surface area contributed by atoms with Crippen LogP contribution in [0.25, 0.3) is 11.0 Å². The van der Waals surface area contributed by atoms with E-state index in [-0.39, 0.29) is 11.8 Å². The fourth-order valence-corrected chi connectivity index (χ4v) is 3.56. The van der Waals surface area contributed by atoms with E-state index in [0.29, 0.717) is 32.0 Å². The monoisotopic (exact) mass is 407 g/mol. The molecule has 0 aliphatic heterocycles. The van der Waals surface area contributed by atoms with E-state index in [9.17, 15) is 4.79 Å². The molecule has 5 heteroatoms. The number of carbonyl (C=O) groups is 1. The molecule has 1 N–H and O–H groups in total. The lowest BCUT2D eigenvalue weighted by atomic mass is 10.0. The maximum Gasteiger partial charge on any atom is 0.222 e. The smallest absolute Gasteiger partial charge is 0.222 e. The van der Waals surface area contributed by atoms with Gasteiger partial charge in [-0.15, -0.1) is 0 Å². The number of carbonyl (C=O) groups excluding carboxylic acids is 1. The van der Waals surface area contributed by atoms with Crippen LogP contribution in [-0.4, -0.2) is 28.6 Å². The van der Waals surface area contributed by atoms with E-state index in [1.54, 1.807) is 0 Å². The van der Waals surface area contributed by atoms with Gasteiger partial charge in [-0.25, -0.2) is 4.98 Å². The second-order valence-corrected chi connectivity index (χ2v) is 8.41. The van der Waals surface area contributed by atoms with Crippen molar-refractivity contribution in [2.45, 2.75) is 53.5 Å². The Morgan fingerprint density at radius 3 is 2.63 bits per heavy atom. The quantitative estimate of drug-likeness (QED) is 0.551. The van der Waals surface area contributed by atoms with E-state index in [4.69, 9.17) is 9.72 Å². The van der Waals surface area contributed by atoms with Crippen molar-refractivity contribution in [3.8, 4) is 5.75 Å². The van der Waals surface area contributed by atoms with Gasteiger partial charge in [0.1, 0.15) is 18.2 Å². The van der Waals surface area contributed by atoms with Crippen LogP contribution in [0.3, 0.4) is 0 Å². The van der Waals surface area contributed by atoms with Gasteiger partial charge in [0.2, 0.25) is 5.91 Å². The number of nitrogens with zero attached hydrogens (tertiary/aromatic N) is 2. The van der Waals surface area contributed by atoms with Gasteiger partial charge < -0.3 is 14.6 Å². The maximum atomic E-state index is 11.9. The molecule has 0 saturated heterocycles. The molecule has 1 amide bonds.